The maximum absolute atomic E-state index is 13.0. The van der Waals surface area contributed by atoms with Crippen LogP contribution in [0.4, 0.5) is 5.69 Å². The Morgan fingerprint density at radius 2 is 2.00 bits per heavy atom. The molecule has 2 aromatic rings. The van der Waals surface area contributed by atoms with Crippen molar-refractivity contribution in [1.29, 1.82) is 0 Å². The predicted octanol–water partition coefficient (Wildman–Crippen LogP) is 5.07. The number of carbonyl (C=O) groups is 2. The van der Waals surface area contributed by atoms with E-state index in [-0.39, 0.29) is 17.4 Å². The molecule has 6 nitrogen and oxygen atoms in total. The van der Waals surface area contributed by atoms with Gasteiger partial charge < -0.3 is 9.84 Å². The molecule has 1 aliphatic heterocycles. The van der Waals surface area contributed by atoms with E-state index in [4.69, 9.17) is 4.74 Å². The van der Waals surface area contributed by atoms with Crippen molar-refractivity contribution in [2.75, 3.05) is 6.54 Å². The number of likely N-dealkylation sites (N-methyl/N-ethyl adjacent to an activating group) is 1. The first-order valence-electron chi connectivity index (χ1n) is 10.2. The van der Waals surface area contributed by atoms with Crippen LogP contribution in [0.25, 0.3) is 6.08 Å². The number of rotatable bonds is 7. The molecule has 1 aliphatic rings. The summed E-state index contributed by atoms with van der Waals surface area (Å²) >= 11 is 1.25. The molecular formula is C24H26N2O4S. The number of hydrogen-bond donors (Lipinski definition) is 1. The lowest BCUT2D eigenvalue weighted by Gasteiger charge is -2.16. The molecule has 3 rings (SSSR count). The molecule has 0 saturated carbocycles. The zero-order chi connectivity index (χ0) is 22.5. The third-order valence-corrected chi connectivity index (χ3v) is 5.86. The van der Waals surface area contributed by atoms with Gasteiger partial charge in [0, 0.05) is 12.1 Å². The number of aromatic hydroxyl groups is 1. The number of ether oxygens (including phenoxy) is 1. The number of aliphatic imine (C=N–C) groups is 1. The number of Topliss-reactive ketones (excluding diaryl/α,β-unsaturated/α-hetero) is 1. The Labute approximate surface area is 186 Å². The molecular weight excluding hydrogens is 412 g/mol. The first-order chi connectivity index (χ1) is 14.8. The molecule has 0 radical (unpaired) electrons. The van der Waals surface area contributed by atoms with Gasteiger partial charge >= 0.3 is 0 Å². The van der Waals surface area contributed by atoms with Crippen LogP contribution in [0, 0.1) is 6.92 Å². The van der Waals surface area contributed by atoms with Crippen LogP contribution in [0.15, 0.2) is 52.4 Å². The molecule has 1 saturated heterocycles. The summed E-state index contributed by atoms with van der Waals surface area (Å²) in [4.78, 5) is 31.4. The van der Waals surface area contributed by atoms with Crippen molar-refractivity contribution in [1.82, 2.24) is 4.90 Å². The minimum absolute atomic E-state index is 0.0410. The van der Waals surface area contributed by atoms with Crippen molar-refractivity contribution in [3.05, 3.63) is 58.5 Å². The van der Waals surface area contributed by atoms with Crippen molar-refractivity contribution >= 4 is 40.4 Å². The van der Waals surface area contributed by atoms with E-state index in [1.54, 1.807) is 29.2 Å². The number of phenols is 1. The van der Waals surface area contributed by atoms with Gasteiger partial charge in [-0.1, -0.05) is 31.2 Å². The Kier molecular flexibility index (Phi) is 7.17. The maximum Gasteiger partial charge on any atom is 0.266 e. The smallest absolute Gasteiger partial charge is 0.266 e. The number of aryl methyl sites for hydroxylation is 1. The molecule has 2 aromatic carbocycles. The summed E-state index contributed by atoms with van der Waals surface area (Å²) in [6.07, 6.45) is 1.80. The van der Waals surface area contributed by atoms with Crippen LogP contribution in [0.5, 0.6) is 11.5 Å². The number of para-hydroxylation sites is 1. The van der Waals surface area contributed by atoms with Crippen LogP contribution in [0.1, 0.15) is 38.3 Å². The molecule has 1 N–H and O–H groups in total. The number of phenolic OH excluding ortho intramolecular Hbond substituents is 1. The number of carbonyl (C=O) groups excluding carboxylic acids is 2. The van der Waals surface area contributed by atoms with E-state index in [0.717, 1.165) is 5.56 Å². The van der Waals surface area contributed by atoms with Gasteiger partial charge in [0.1, 0.15) is 17.2 Å². The minimum Gasteiger partial charge on any atom is -0.506 e. The Morgan fingerprint density at radius 3 is 2.65 bits per heavy atom. The van der Waals surface area contributed by atoms with E-state index >= 15 is 0 Å². The van der Waals surface area contributed by atoms with Gasteiger partial charge in [-0.05, 0) is 68.8 Å². The highest BCUT2D eigenvalue weighted by atomic mass is 32.2. The highest BCUT2D eigenvalue weighted by molar-refractivity contribution is 8.18. The lowest BCUT2D eigenvalue weighted by atomic mass is 10.1. The molecule has 1 heterocycles. The van der Waals surface area contributed by atoms with Crippen LogP contribution in [0.2, 0.25) is 0 Å². The van der Waals surface area contributed by atoms with Gasteiger partial charge in [-0.3, -0.25) is 14.5 Å². The highest BCUT2D eigenvalue weighted by Crippen LogP contribution is 2.37. The minimum atomic E-state index is -0.528. The van der Waals surface area contributed by atoms with Crippen molar-refractivity contribution in [2.24, 2.45) is 4.99 Å². The first kappa shape index (κ1) is 22.6. The summed E-state index contributed by atoms with van der Waals surface area (Å²) in [5, 5.41) is 10.7. The molecule has 0 bridgehead atoms. The average Bonchev–Trinajstić information content (AvgIpc) is 3.03. The molecule has 0 aliphatic carbocycles. The number of benzene rings is 2. The number of hydrogen-bond acceptors (Lipinski definition) is 6. The summed E-state index contributed by atoms with van der Waals surface area (Å²) in [6, 6.07) is 12.6. The van der Waals surface area contributed by atoms with E-state index in [1.807, 2.05) is 45.0 Å². The Bertz CT molecular complexity index is 1060. The fourth-order valence-electron chi connectivity index (χ4n) is 3.16. The molecule has 31 heavy (non-hydrogen) atoms. The molecule has 1 amide bonds. The van der Waals surface area contributed by atoms with Crippen LogP contribution in [0.3, 0.4) is 0 Å². The second kappa shape index (κ2) is 9.83. The molecule has 7 heteroatoms. The first-order valence-corrected chi connectivity index (χ1v) is 11.0. The summed E-state index contributed by atoms with van der Waals surface area (Å²) in [5.41, 5.74) is 2.06. The number of amidine groups is 1. The topological polar surface area (TPSA) is 79.2 Å². The van der Waals surface area contributed by atoms with Gasteiger partial charge in [0.2, 0.25) is 0 Å². The van der Waals surface area contributed by atoms with Crippen LogP contribution >= 0.6 is 11.8 Å². The van der Waals surface area contributed by atoms with Gasteiger partial charge in [-0.2, -0.15) is 0 Å². The molecule has 1 unspecified atom stereocenters. The third-order valence-electron chi connectivity index (χ3n) is 4.85. The van der Waals surface area contributed by atoms with Gasteiger partial charge in [0.15, 0.2) is 17.1 Å². The lowest BCUT2D eigenvalue weighted by molar-refractivity contribution is -0.124. The van der Waals surface area contributed by atoms with E-state index in [1.165, 1.54) is 18.7 Å². The van der Waals surface area contributed by atoms with Crippen LogP contribution in [-0.2, 0) is 9.59 Å². The monoisotopic (exact) mass is 438 g/mol. The number of ketones is 1. The zero-order valence-electron chi connectivity index (χ0n) is 18.1. The summed E-state index contributed by atoms with van der Waals surface area (Å²) in [5.74, 6) is 0.421. The van der Waals surface area contributed by atoms with Crippen molar-refractivity contribution in [2.45, 2.75) is 40.2 Å². The van der Waals surface area contributed by atoms with Crippen LogP contribution < -0.4 is 4.74 Å². The SMILES string of the molecule is CCC(Oc1ccccc1/C=C1\SC(=Nc2ccc(C)cc2O)N(CC)C1=O)C(C)=O. The fraction of sp³-hybridized carbons (Fsp3) is 0.292. The fourth-order valence-corrected chi connectivity index (χ4v) is 4.20. The standard InChI is InChI=1S/C24H26N2O4S/c1-5-20(16(4)27)30-21-10-8-7-9-17(21)14-22-23(29)26(6-2)24(31-22)25-18-12-11-15(3)13-19(18)28/h7-14,20,28H,5-6H2,1-4H3/b22-14-,25-24?. The molecule has 0 aromatic heterocycles. The summed E-state index contributed by atoms with van der Waals surface area (Å²) in [7, 11) is 0. The Hall–Kier alpha value is -3.06. The molecule has 162 valence electrons. The normalized spacial score (nSPS) is 17.4. The van der Waals surface area contributed by atoms with E-state index in [9.17, 15) is 14.7 Å². The molecule has 0 spiro atoms. The average molecular weight is 439 g/mol. The largest absolute Gasteiger partial charge is 0.506 e. The van der Waals surface area contributed by atoms with Crippen molar-refractivity contribution in [3.8, 4) is 11.5 Å². The van der Waals surface area contributed by atoms with Gasteiger partial charge in [-0.25, -0.2) is 4.99 Å². The number of thioether (sulfide) groups is 1. The number of nitrogens with zero attached hydrogens (tertiary/aromatic N) is 2. The Balaban J connectivity index is 1.94. The molecule has 1 fully saturated rings. The van der Waals surface area contributed by atoms with E-state index in [0.29, 0.717) is 40.0 Å². The summed E-state index contributed by atoms with van der Waals surface area (Å²) in [6.45, 7) is 7.62. The maximum atomic E-state index is 13.0. The summed E-state index contributed by atoms with van der Waals surface area (Å²) < 4.78 is 5.91. The zero-order valence-corrected chi connectivity index (χ0v) is 18.9. The van der Waals surface area contributed by atoms with Gasteiger partial charge in [0.05, 0.1) is 4.91 Å². The number of amides is 1. The third kappa shape index (κ3) is 5.17. The van der Waals surface area contributed by atoms with Gasteiger partial charge in [0.25, 0.3) is 5.91 Å². The highest BCUT2D eigenvalue weighted by Gasteiger charge is 2.32. The lowest BCUT2D eigenvalue weighted by Crippen LogP contribution is -2.28. The molecule has 1 atom stereocenters. The second-order valence-corrected chi connectivity index (χ2v) is 8.22. The second-order valence-electron chi connectivity index (χ2n) is 7.21. The van der Waals surface area contributed by atoms with Crippen molar-refractivity contribution < 1.29 is 19.4 Å². The quantitative estimate of drug-likeness (QED) is 0.611. The van der Waals surface area contributed by atoms with Crippen molar-refractivity contribution in [3.63, 3.8) is 0 Å². The van der Waals surface area contributed by atoms with E-state index < -0.39 is 6.10 Å². The Morgan fingerprint density at radius 1 is 1.26 bits per heavy atom. The van der Waals surface area contributed by atoms with E-state index in [2.05, 4.69) is 4.99 Å². The van der Waals surface area contributed by atoms with Crippen LogP contribution in [-0.4, -0.2) is 39.5 Å². The van der Waals surface area contributed by atoms with Gasteiger partial charge in [-0.15, -0.1) is 0 Å². The predicted molar refractivity (Wildman–Crippen MR) is 125 cm³/mol.